The number of hydrogen-bond donors (Lipinski definition) is 2. The number of non-ortho nitro benzene ring substituents is 1. The van der Waals surface area contributed by atoms with Gasteiger partial charge in [0.05, 0.1) is 11.0 Å². The zero-order valence-corrected chi connectivity index (χ0v) is 11.2. The van der Waals surface area contributed by atoms with Gasteiger partial charge in [-0.25, -0.2) is 0 Å². The summed E-state index contributed by atoms with van der Waals surface area (Å²) in [6, 6.07) is 4.69. The van der Waals surface area contributed by atoms with Crippen molar-refractivity contribution in [2.45, 2.75) is 32.4 Å². The predicted molar refractivity (Wildman–Crippen MR) is 72.5 cm³/mol. The van der Waals surface area contributed by atoms with E-state index >= 15 is 0 Å². The molecule has 7 nitrogen and oxygen atoms in total. The molecule has 1 aliphatic carbocycles. The lowest BCUT2D eigenvalue weighted by Gasteiger charge is -2.49. The third-order valence-corrected chi connectivity index (χ3v) is 4.10. The molecule has 1 aromatic heterocycles. The predicted octanol–water partition coefficient (Wildman–Crippen LogP) is 2.31. The molecule has 0 aliphatic heterocycles. The number of oxazole rings is 1. The lowest BCUT2D eigenvalue weighted by molar-refractivity contribution is -0.384. The fourth-order valence-corrected chi connectivity index (χ4v) is 2.39. The maximum atomic E-state index is 10.7. The lowest BCUT2D eigenvalue weighted by atomic mass is 9.65. The molecule has 2 aromatic rings. The summed E-state index contributed by atoms with van der Waals surface area (Å²) in [6.07, 6.45) is 0.289. The van der Waals surface area contributed by atoms with E-state index < -0.39 is 4.92 Å². The number of fused-ring (bicyclic) bond motifs is 1. The Morgan fingerprint density at radius 3 is 2.90 bits per heavy atom. The van der Waals surface area contributed by atoms with E-state index in [2.05, 4.69) is 10.3 Å². The van der Waals surface area contributed by atoms with Crippen LogP contribution in [0.15, 0.2) is 22.6 Å². The zero-order valence-electron chi connectivity index (χ0n) is 11.2. The molecule has 0 radical (unpaired) electrons. The normalized spacial score (nSPS) is 24.4. The molecule has 2 N–H and O–H groups in total. The molecule has 20 heavy (non-hydrogen) atoms. The Hall–Kier alpha value is -2.15. The van der Waals surface area contributed by atoms with Crippen LogP contribution >= 0.6 is 0 Å². The molecule has 0 saturated heterocycles. The van der Waals surface area contributed by atoms with Gasteiger partial charge in [-0.2, -0.15) is 4.98 Å². The molecule has 7 heteroatoms. The molecular weight excluding hydrogens is 262 g/mol. The Morgan fingerprint density at radius 2 is 2.30 bits per heavy atom. The number of nitrogens with one attached hydrogen (secondary N) is 1. The minimum atomic E-state index is -0.466. The fourth-order valence-electron chi connectivity index (χ4n) is 2.39. The summed E-state index contributed by atoms with van der Waals surface area (Å²) >= 11 is 0. The van der Waals surface area contributed by atoms with Gasteiger partial charge in [-0.15, -0.1) is 0 Å². The van der Waals surface area contributed by atoms with Crippen LogP contribution in [0.2, 0.25) is 0 Å². The number of nitrogens with zero attached hydrogens (tertiary/aromatic N) is 2. The zero-order chi connectivity index (χ0) is 14.5. The van der Waals surface area contributed by atoms with Crippen LogP contribution < -0.4 is 5.32 Å². The SMILES string of the molecule is CC1(C)C(O)CC1Nc1nc2cc([N+](=O)[O-])ccc2o1. The standard InChI is InChI=1S/C13H15N3O4/c1-13(2)10(6-11(13)17)15-12-14-8-5-7(16(18)19)3-4-9(8)20-12/h3-5,10-11,17H,6H2,1-2H3,(H,14,15). The largest absolute Gasteiger partial charge is 0.424 e. The molecule has 0 spiro atoms. The van der Waals surface area contributed by atoms with Crippen molar-refractivity contribution in [1.29, 1.82) is 0 Å². The maximum absolute atomic E-state index is 10.7. The summed E-state index contributed by atoms with van der Waals surface area (Å²) in [5, 5.41) is 23.5. The molecule has 0 bridgehead atoms. The summed E-state index contributed by atoms with van der Waals surface area (Å²) in [4.78, 5) is 14.4. The van der Waals surface area contributed by atoms with Gasteiger partial charge < -0.3 is 14.8 Å². The van der Waals surface area contributed by atoms with Gasteiger partial charge in [0.15, 0.2) is 5.58 Å². The smallest absolute Gasteiger partial charge is 0.295 e. The summed E-state index contributed by atoms with van der Waals surface area (Å²) in [5.74, 6) is 0. The van der Waals surface area contributed by atoms with Crippen LogP contribution in [-0.2, 0) is 0 Å². The van der Waals surface area contributed by atoms with E-state index in [0.717, 1.165) is 0 Å². The van der Waals surface area contributed by atoms with Gasteiger partial charge in [-0.1, -0.05) is 13.8 Å². The Kier molecular flexibility index (Phi) is 2.68. The van der Waals surface area contributed by atoms with Gasteiger partial charge in [0.1, 0.15) is 5.52 Å². The average molecular weight is 277 g/mol. The number of nitro groups is 1. The molecule has 0 amide bonds. The van der Waals surface area contributed by atoms with Crippen LogP contribution in [0.1, 0.15) is 20.3 Å². The van der Waals surface area contributed by atoms with Gasteiger partial charge in [-0.3, -0.25) is 10.1 Å². The van der Waals surface area contributed by atoms with Crippen molar-refractivity contribution in [3.05, 3.63) is 28.3 Å². The number of aliphatic hydroxyl groups excluding tert-OH is 1. The van der Waals surface area contributed by atoms with E-state index in [-0.39, 0.29) is 23.2 Å². The molecule has 1 aliphatic rings. The highest BCUT2D eigenvalue weighted by Crippen LogP contribution is 2.42. The van der Waals surface area contributed by atoms with E-state index in [1.807, 2.05) is 13.8 Å². The Bertz CT molecular complexity index is 679. The highest BCUT2D eigenvalue weighted by atomic mass is 16.6. The van der Waals surface area contributed by atoms with Crippen molar-refractivity contribution >= 4 is 22.8 Å². The monoisotopic (exact) mass is 277 g/mol. The topological polar surface area (TPSA) is 101 Å². The Balaban J connectivity index is 1.85. The van der Waals surface area contributed by atoms with Crippen LogP contribution in [0, 0.1) is 15.5 Å². The second kappa shape index (κ2) is 4.17. The average Bonchev–Trinajstić information content (AvgIpc) is 2.79. The van der Waals surface area contributed by atoms with Gasteiger partial charge in [0, 0.05) is 23.6 Å². The van der Waals surface area contributed by atoms with Crippen molar-refractivity contribution in [2.24, 2.45) is 5.41 Å². The van der Waals surface area contributed by atoms with Crippen LogP contribution in [0.5, 0.6) is 0 Å². The van der Waals surface area contributed by atoms with E-state index in [0.29, 0.717) is 23.5 Å². The first kappa shape index (κ1) is 12.9. The molecule has 1 heterocycles. The molecule has 2 atom stereocenters. The third-order valence-electron chi connectivity index (χ3n) is 4.10. The van der Waals surface area contributed by atoms with Crippen molar-refractivity contribution in [3.63, 3.8) is 0 Å². The summed E-state index contributed by atoms with van der Waals surface area (Å²) in [7, 11) is 0. The maximum Gasteiger partial charge on any atom is 0.295 e. The number of hydrogen-bond acceptors (Lipinski definition) is 6. The second-order valence-corrected chi connectivity index (χ2v) is 5.70. The number of nitro benzene ring substituents is 1. The summed E-state index contributed by atoms with van der Waals surface area (Å²) in [6.45, 7) is 3.93. The quantitative estimate of drug-likeness (QED) is 0.659. The summed E-state index contributed by atoms with van der Waals surface area (Å²) in [5.41, 5.74) is 0.680. The number of aliphatic hydroxyl groups is 1. The van der Waals surface area contributed by atoms with E-state index in [1.54, 1.807) is 0 Å². The van der Waals surface area contributed by atoms with Crippen LogP contribution in [0.3, 0.4) is 0 Å². The fraction of sp³-hybridized carbons (Fsp3) is 0.462. The van der Waals surface area contributed by atoms with Crippen molar-refractivity contribution in [2.75, 3.05) is 5.32 Å². The number of anilines is 1. The highest BCUT2D eigenvalue weighted by Gasteiger charge is 2.47. The van der Waals surface area contributed by atoms with Crippen LogP contribution in [0.25, 0.3) is 11.1 Å². The molecule has 1 aromatic carbocycles. The molecule has 1 fully saturated rings. The van der Waals surface area contributed by atoms with Gasteiger partial charge in [0.25, 0.3) is 11.7 Å². The van der Waals surface area contributed by atoms with E-state index in [9.17, 15) is 15.2 Å². The first-order valence-electron chi connectivity index (χ1n) is 6.37. The first-order chi connectivity index (χ1) is 9.38. The molecule has 106 valence electrons. The van der Waals surface area contributed by atoms with Crippen molar-refractivity contribution < 1.29 is 14.4 Å². The first-order valence-corrected chi connectivity index (χ1v) is 6.37. The van der Waals surface area contributed by atoms with Gasteiger partial charge in [0.2, 0.25) is 0 Å². The molecule has 1 saturated carbocycles. The van der Waals surface area contributed by atoms with Gasteiger partial charge in [-0.05, 0) is 12.5 Å². The van der Waals surface area contributed by atoms with Crippen molar-refractivity contribution in [3.8, 4) is 0 Å². The minimum Gasteiger partial charge on any atom is -0.424 e. The lowest BCUT2D eigenvalue weighted by Crippen LogP contribution is -2.56. The molecular formula is C13H15N3O4. The summed E-state index contributed by atoms with van der Waals surface area (Å²) < 4.78 is 5.51. The third kappa shape index (κ3) is 1.90. The van der Waals surface area contributed by atoms with Gasteiger partial charge >= 0.3 is 0 Å². The van der Waals surface area contributed by atoms with E-state index in [1.165, 1.54) is 18.2 Å². The number of benzene rings is 1. The van der Waals surface area contributed by atoms with Crippen LogP contribution in [-0.4, -0.2) is 27.2 Å². The second-order valence-electron chi connectivity index (χ2n) is 5.70. The Morgan fingerprint density at radius 1 is 1.55 bits per heavy atom. The number of rotatable bonds is 3. The number of aromatic nitrogens is 1. The molecule has 3 rings (SSSR count). The molecule has 2 unspecified atom stereocenters. The Labute approximate surface area is 114 Å². The van der Waals surface area contributed by atoms with Crippen LogP contribution in [0.4, 0.5) is 11.7 Å². The minimum absolute atomic E-state index is 0.0169. The van der Waals surface area contributed by atoms with E-state index in [4.69, 9.17) is 4.42 Å². The highest BCUT2D eigenvalue weighted by molar-refractivity contribution is 5.77. The van der Waals surface area contributed by atoms with Crippen molar-refractivity contribution in [1.82, 2.24) is 4.98 Å².